The fraction of sp³-hybridized carbons (Fsp3) is 0.727. The van der Waals surface area contributed by atoms with Gasteiger partial charge in [0, 0.05) is 24.2 Å². The zero-order valence-electron chi connectivity index (χ0n) is 9.56. The minimum atomic E-state index is -0.281. The normalized spacial score (nSPS) is 13.3. The highest BCUT2D eigenvalue weighted by Crippen LogP contribution is 2.17. The third kappa shape index (κ3) is 4.11. The van der Waals surface area contributed by atoms with Gasteiger partial charge in [-0.15, -0.1) is 0 Å². The van der Waals surface area contributed by atoms with Crippen LogP contribution in [-0.4, -0.2) is 12.8 Å². The molecule has 0 amide bonds. The van der Waals surface area contributed by atoms with Crippen molar-refractivity contribution in [2.45, 2.75) is 34.6 Å². The van der Waals surface area contributed by atoms with Crippen LogP contribution >= 0.6 is 0 Å². The quantitative estimate of drug-likeness (QED) is 0.680. The summed E-state index contributed by atoms with van der Waals surface area (Å²) in [6.45, 7) is 9.93. The van der Waals surface area contributed by atoms with E-state index in [2.05, 4.69) is 19.2 Å². The fourth-order valence-electron chi connectivity index (χ4n) is 0.885. The Morgan fingerprint density at radius 3 is 2.00 bits per heavy atom. The molecule has 76 valence electrons. The molecule has 0 fully saturated rings. The second-order valence-electron chi connectivity index (χ2n) is 4.62. The van der Waals surface area contributed by atoms with Crippen LogP contribution in [0.5, 0.6) is 0 Å². The van der Waals surface area contributed by atoms with Gasteiger partial charge in [-0.1, -0.05) is 34.6 Å². The Balaban J connectivity index is 4.62. The van der Waals surface area contributed by atoms with Crippen molar-refractivity contribution in [1.82, 2.24) is 5.32 Å². The molecule has 0 aromatic heterocycles. The van der Waals surface area contributed by atoms with Crippen LogP contribution in [0.3, 0.4) is 0 Å². The molecule has 0 aliphatic carbocycles. The zero-order chi connectivity index (χ0) is 10.6. The van der Waals surface area contributed by atoms with Gasteiger partial charge in [-0.3, -0.25) is 4.79 Å². The van der Waals surface area contributed by atoms with Crippen molar-refractivity contribution >= 4 is 5.78 Å². The van der Waals surface area contributed by atoms with Crippen molar-refractivity contribution in [2.75, 3.05) is 7.05 Å². The predicted octanol–water partition coefficient (Wildman–Crippen LogP) is 2.36. The molecule has 0 aromatic rings. The maximum atomic E-state index is 11.6. The number of rotatable bonds is 3. The molecule has 0 spiro atoms. The van der Waals surface area contributed by atoms with Crippen LogP contribution in [0.25, 0.3) is 0 Å². The molecule has 0 radical (unpaired) electrons. The van der Waals surface area contributed by atoms with Gasteiger partial charge in [-0.05, 0) is 5.92 Å². The topological polar surface area (TPSA) is 29.1 Å². The van der Waals surface area contributed by atoms with E-state index in [1.807, 2.05) is 27.8 Å². The maximum Gasteiger partial charge on any atom is 0.162 e. The van der Waals surface area contributed by atoms with Crippen molar-refractivity contribution in [3.05, 3.63) is 11.8 Å². The van der Waals surface area contributed by atoms with Gasteiger partial charge < -0.3 is 5.32 Å². The second-order valence-corrected chi connectivity index (χ2v) is 4.62. The Morgan fingerprint density at radius 1 is 1.31 bits per heavy atom. The van der Waals surface area contributed by atoms with E-state index in [0.29, 0.717) is 5.92 Å². The van der Waals surface area contributed by atoms with E-state index in [9.17, 15) is 4.79 Å². The van der Waals surface area contributed by atoms with Crippen molar-refractivity contribution in [3.63, 3.8) is 0 Å². The first-order valence-corrected chi connectivity index (χ1v) is 4.72. The molecule has 2 heteroatoms. The predicted molar refractivity (Wildman–Crippen MR) is 56.4 cm³/mol. The molecule has 2 nitrogen and oxygen atoms in total. The summed E-state index contributed by atoms with van der Waals surface area (Å²) >= 11 is 0. The number of carbonyl (C=O) groups excluding carboxylic acids is 1. The van der Waals surface area contributed by atoms with Crippen LogP contribution < -0.4 is 5.32 Å². The maximum absolute atomic E-state index is 11.6. The van der Waals surface area contributed by atoms with E-state index >= 15 is 0 Å². The van der Waals surface area contributed by atoms with Crippen molar-refractivity contribution in [3.8, 4) is 0 Å². The summed E-state index contributed by atoms with van der Waals surface area (Å²) in [5.74, 6) is 0.543. The van der Waals surface area contributed by atoms with Crippen LogP contribution in [0, 0.1) is 11.3 Å². The molecule has 0 aromatic carbocycles. The second kappa shape index (κ2) is 4.45. The Labute approximate surface area is 81.4 Å². The first kappa shape index (κ1) is 12.2. The molecule has 0 aliphatic rings. The third-order valence-corrected chi connectivity index (χ3v) is 1.94. The molecule has 0 bridgehead atoms. The Bertz CT molecular complexity index is 209. The standard InChI is InChI=1S/C11H21NO/c1-8(2)9(12-6)7-10(13)11(3,4)5/h7-8,12H,1-6H3. The largest absolute Gasteiger partial charge is 0.391 e. The summed E-state index contributed by atoms with van der Waals surface area (Å²) < 4.78 is 0. The molecule has 0 rings (SSSR count). The summed E-state index contributed by atoms with van der Waals surface area (Å²) in [6.07, 6.45) is 1.71. The van der Waals surface area contributed by atoms with Crippen LogP contribution in [0.2, 0.25) is 0 Å². The van der Waals surface area contributed by atoms with Gasteiger partial charge in [-0.25, -0.2) is 0 Å². The molecule has 0 saturated heterocycles. The summed E-state index contributed by atoms with van der Waals surface area (Å²) in [4.78, 5) is 11.6. The van der Waals surface area contributed by atoms with Gasteiger partial charge in [0.1, 0.15) is 0 Å². The summed E-state index contributed by atoms with van der Waals surface area (Å²) in [7, 11) is 1.85. The van der Waals surface area contributed by atoms with E-state index in [1.165, 1.54) is 0 Å². The van der Waals surface area contributed by atoms with Crippen molar-refractivity contribution in [2.24, 2.45) is 11.3 Å². The number of hydrogen-bond donors (Lipinski definition) is 1. The van der Waals surface area contributed by atoms with Crippen LogP contribution in [0.15, 0.2) is 11.8 Å². The monoisotopic (exact) mass is 183 g/mol. The summed E-state index contributed by atoms with van der Waals surface area (Å²) in [6, 6.07) is 0. The molecular formula is C11H21NO. The summed E-state index contributed by atoms with van der Waals surface area (Å²) in [5, 5.41) is 3.04. The average Bonchev–Trinajstić information content (AvgIpc) is 1.96. The fourth-order valence-corrected chi connectivity index (χ4v) is 0.885. The number of nitrogens with one attached hydrogen (secondary N) is 1. The van der Waals surface area contributed by atoms with Gasteiger partial charge >= 0.3 is 0 Å². The average molecular weight is 183 g/mol. The lowest BCUT2D eigenvalue weighted by atomic mass is 9.89. The molecule has 1 N–H and O–H groups in total. The highest BCUT2D eigenvalue weighted by Gasteiger charge is 2.19. The third-order valence-electron chi connectivity index (χ3n) is 1.94. The van der Waals surface area contributed by atoms with Crippen LogP contribution in [-0.2, 0) is 4.79 Å². The smallest absolute Gasteiger partial charge is 0.162 e. The van der Waals surface area contributed by atoms with Crippen LogP contribution in [0.1, 0.15) is 34.6 Å². The number of hydrogen-bond acceptors (Lipinski definition) is 2. The Kier molecular flexibility index (Phi) is 4.18. The van der Waals surface area contributed by atoms with E-state index in [0.717, 1.165) is 5.70 Å². The Morgan fingerprint density at radius 2 is 1.77 bits per heavy atom. The molecule has 0 aliphatic heterocycles. The highest BCUT2D eigenvalue weighted by atomic mass is 16.1. The van der Waals surface area contributed by atoms with E-state index < -0.39 is 0 Å². The SMILES string of the molecule is CNC(=CC(=O)C(C)(C)C)C(C)C. The molecule has 0 unspecified atom stereocenters. The molecular weight excluding hydrogens is 162 g/mol. The first-order chi connectivity index (χ1) is 5.79. The zero-order valence-corrected chi connectivity index (χ0v) is 9.56. The van der Waals surface area contributed by atoms with E-state index in [4.69, 9.17) is 0 Å². The molecule has 13 heavy (non-hydrogen) atoms. The molecule has 0 heterocycles. The van der Waals surface area contributed by atoms with Crippen molar-refractivity contribution < 1.29 is 4.79 Å². The molecule has 0 atom stereocenters. The lowest BCUT2D eigenvalue weighted by Gasteiger charge is -2.16. The Hall–Kier alpha value is -0.790. The van der Waals surface area contributed by atoms with E-state index in [-0.39, 0.29) is 11.2 Å². The lowest BCUT2D eigenvalue weighted by Crippen LogP contribution is -2.21. The van der Waals surface area contributed by atoms with Gasteiger partial charge in [0.2, 0.25) is 0 Å². The summed E-state index contributed by atoms with van der Waals surface area (Å²) in [5.41, 5.74) is 0.719. The van der Waals surface area contributed by atoms with Crippen LogP contribution in [0.4, 0.5) is 0 Å². The highest BCUT2D eigenvalue weighted by molar-refractivity contribution is 5.94. The molecule has 0 saturated carbocycles. The number of ketones is 1. The number of carbonyl (C=O) groups is 1. The van der Waals surface area contributed by atoms with Crippen molar-refractivity contribution in [1.29, 1.82) is 0 Å². The minimum absolute atomic E-state index is 0.172. The van der Waals surface area contributed by atoms with Gasteiger partial charge in [0.05, 0.1) is 0 Å². The van der Waals surface area contributed by atoms with Gasteiger partial charge in [0.25, 0.3) is 0 Å². The van der Waals surface area contributed by atoms with Gasteiger partial charge in [0.15, 0.2) is 5.78 Å². The first-order valence-electron chi connectivity index (χ1n) is 4.72. The minimum Gasteiger partial charge on any atom is -0.391 e. The van der Waals surface area contributed by atoms with E-state index in [1.54, 1.807) is 6.08 Å². The lowest BCUT2D eigenvalue weighted by molar-refractivity contribution is -0.121. The number of allylic oxidation sites excluding steroid dienone is 2. The van der Waals surface area contributed by atoms with Gasteiger partial charge in [-0.2, -0.15) is 0 Å².